The van der Waals surface area contributed by atoms with Gasteiger partial charge in [-0.1, -0.05) is 66.7 Å². The summed E-state index contributed by atoms with van der Waals surface area (Å²) in [5.41, 5.74) is 4.81. The van der Waals surface area contributed by atoms with Crippen molar-refractivity contribution < 1.29 is 4.79 Å². The first-order valence-corrected chi connectivity index (χ1v) is 9.24. The number of benzene rings is 3. The van der Waals surface area contributed by atoms with Crippen molar-refractivity contribution >= 4 is 28.9 Å². The number of carbonyl (C=O) groups is 1. The van der Waals surface area contributed by atoms with E-state index < -0.39 is 0 Å². The fourth-order valence-electron chi connectivity index (χ4n) is 3.68. The highest BCUT2D eigenvalue weighted by Gasteiger charge is 2.44. The molecule has 0 spiro atoms. The third-order valence-corrected chi connectivity index (χ3v) is 6.23. The molecule has 1 aliphatic heterocycles. The van der Waals surface area contributed by atoms with Crippen LogP contribution in [0.4, 0.5) is 5.69 Å². The van der Waals surface area contributed by atoms with Gasteiger partial charge >= 0.3 is 0 Å². The maximum atomic E-state index is 13.2. The lowest BCUT2D eigenvalue weighted by molar-refractivity contribution is 0.0960. The normalized spacial score (nSPS) is 21.0. The Morgan fingerprint density at radius 3 is 2.28 bits per heavy atom. The number of para-hydroxylation sites is 1. The van der Waals surface area contributed by atoms with Gasteiger partial charge in [0.15, 0.2) is 5.78 Å². The number of ketones is 1. The molecule has 2 atom stereocenters. The third-order valence-electron chi connectivity index (χ3n) is 4.84. The molecule has 5 rings (SSSR count). The largest absolute Gasteiger partial charge is 0.293 e. The molecule has 2 nitrogen and oxygen atoms in total. The molecule has 0 radical (unpaired) electrons. The Bertz CT molecular complexity index is 1010. The Labute approximate surface area is 150 Å². The van der Waals surface area contributed by atoms with Crippen LogP contribution in [0.25, 0.3) is 0 Å². The summed E-state index contributed by atoms with van der Waals surface area (Å²) in [5.74, 6) is -0.0549. The molecule has 0 fully saturated rings. The summed E-state index contributed by atoms with van der Waals surface area (Å²) in [6.07, 6.45) is 0. The van der Waals surface area contributed by atoms with Gasteiger partial charge in [-0.05, 0) is 17.7 Å². The lowest BCUT2D eigenvalue weighted by atomic mass is 9.93. The summed E-state index contributed by atoms with van der Waals surface area (Å²) < 4.78 is 0. The minimum Gasteiger partial charge on any atom is -0.293 e. The summed E-state index contributed by atoms with van der Waals surface area (Å²) >= 11 is 1.75. The molecule has 120 valence electrons. The van der Waals surface area contributed by atoms with E-state index in [1.54, 1.807) is 11.8 Å². The second kappa shape index (κ2) is 5.71. The molecule has 1 aliphatic carbocycles. The van der Waals surface area contributed by atoms with E-state index in [0.29, 0.717) is 0 Å². The van der Waals surface area contributed by atoms with E-state index in [9.17, 15) is 4.79 Å². The number of thioether (sulfide) groups is 1. The van der Waals surface area contributed by atoms with Gasteiger partial charge in [-0.15, -0.1) is 11.8 Å². The number of Topliss-reactive ketones (excluding diaryl/α,β-unsaturated/α-hetero) is 1. The first kappa shape index (κ1) is 14.7. The maximum absolute atomic E-state index is 13.2. The Kier molecular flexibility index (Phi) is 3.35. The highest BCUT2D eigenvalue weighted by molar-refractivity contribution is 7.99. The zero-order valence-corrected chi connectivity index (χ0v) is 14.2. The summed E-state index contributed by atoms with van der Waals surface area (Å²) in [6, 6.07) is 26.3. The Balaban J connectivity index is 1.77. The number of nitrogens with zero attached hydrogens (tertiary/aromatic N) is 1. The Morgan fingerprint density at radius 2 is 1.44 bits per heavy atom. The summed E-state index contributed by atoms with van der Waals surface area (Å²) in [6.45, 7) is 0. The lowest BCUT2D eigenvalue weighted by Crippen LogP contribution is -2.21. The number of hydrogen-bond donors (Lipinski definition) is 0. The van der Waals surface area contributed by atoms with E-state index in [1.165, 1.54) is 5.56 Å². The van der Waals surface area contributed by atoms with Gasteiger partial charge in [0, 0.05) is 16.0 Å². The van der Waals surface area contributed by atoms with Crippen LogP contribution in [-0.2, 0) is 0 Å². The fraction of sp³-hybridized carbons (Fsp3) is 0.0909. The van der Waals surface area contributed by atoms with Gasteiger partial charge < -0.3 is 0 Å². The fourth-order valence-corrected chi connectivity index (χ4v) is 5.03. The highest BCUT2D eigenvalue weighted by Crippen LogP contribution is 2.51. The third kappa shape index (κ3) is 2.27. The van der Waals surface area contributed by atoms with Crippen molar-refractivity contribution in [2.75, 3.05) is 0 Å². The van der Waals surface area contributed by atoms with Crippen molar-refractivity contribution in [2.24, 2.45) is 10.9 Å². The number of fused-ring (bicyclic) bond motifs is 4. The molecule has 3 aromatic rings. The topological polar surface area (TPSA) is 29.4 Å². The highest BCUT2D eigenvalue weighted by atomic mass is 32.2. The average Bonchev–Trinajstić information content (AvgIpc) is 2.84. The van der Waals surface area contributed by atoms with Crippen LogP contribution in [0.2, 0.25) is 0 Å². The first-order chi connectivity index (χ1) is 12.3. The lowest BCUT2D eigenvalue weighted by Gasteiger charge is -2.21. The van der Waals surface area contributed by atoms with Crippen molar-refractivity contribution in [1.82, 2.24) is 0 Å². The predicted molar refractivity (Wildman–Crippen MR) is 102 cm³/mol. The van der Waals surface area contributed by atoms with Crippen molar-refractivity contribution in [3.63, 3.8) is 0 Å². The maximum Gasteiger partial charge on any atom is 0.174 e. The van der Waals surface area contributed by atoms with Gasteiger partial charge in [0.1, 0.15) is 0 Å². The van der Waals surface area contributed by atoms with E-state index >= 15 is 0 Å². The van der Waals surface area contributed by atoms with Crippen LogP contribution in [0, 0.1) is 5.92 Å². The van der Waals surface area contributed by atoms with Crippen LogP contribution in [-0.4, -0.2) is 11.5 Å². The van der Waals surface area contributed by atoms with Crippen molar-refractivity contribution in [1.29, 1.82) is 0 Å². The number of hydrogen-bond acceptors (Lipinski definition) is 3. The molecule has 1 heterocycles. The molecule has 0 amide bonds. The molecule has 3 aromatic carbocycles. The summed E-state index contributed by atoms with van der Waals surface area (Å²) in [7, 11) is 0. The molecule has 0 bridgehead atoms. The first-order valence-electron chi connectivity index (χ1n) is 8.36. The molecule has 0 N–H and O–H groups in total. The summed E-state index contributed by atoms with van der Waals surface area (Å²) in [5, 5.41) is 0.0310. The second-order valence-corrected chi connectivity index (χ2v) is 7.48. The van der Waals surface area contributed by atoms with Gasteiger partial charge in [-0.2, -0.15) is 0 Å². The average molecular weight is 341 g/mol. The zero-order valence-electron chi connectivity index (χ0n) is 13.4. The number of aliphatic imine (C=N–C) groups is 1. The predicted octanol–water partition coefficient (Wildman–Crippen LogP) is 5.47. The Hall–Kier alpha value is -2.65. The van der Waals surface area contributed by atoms with E-state index in [1.807, 2.05) is 60.7 Å². The number of rotatable bonds is 1. The molecule has 2 aliphatic rings. The zero-order chi connectivity index (χ0) is 16.8. The molecule has 0 saturated carbocycles. The number of carbonyl (C=O) groups excluding carboxylic acids is 1. The second-order valence-electron chi connectivity index (χ2n) is 6.30. The van der Waals surface area contributed by atoms with Crippen molar-refractivity contribution in [2.45, 2.75) is 10.1 Å². The quantitative estimate of drug-likeness (QED) is 0.587. The van der Waals surface area contributed by atoms with E-state index in [2.05, 4.69) is 18.2 Å². The van der Waals surface area contributed by atoms with E-state index in [4.69, 9.17) is 4.99 Å². The molecule has 0 aromatic heterocycles. The Morgan fingerprint density at radius 1 is 0.760 bits per heavy atom. The molecule has 3 heteroatoms. The van der Waals surface area contributed by atoms with Gasteiger partial charge in [-0.25, -0.2) is 0 Å². The van der Waals surface area contributed by atoms with E-state index in [-0.39, 0.29) is 17.0 Å². The van der Waals surface area contributed by atoms with Gasteiger partial charge in [0.2, 0.25) is 0 Å². The molecular weight excluding hydrogens is 326 g/mol. The van der Waals surface area contributed by atoms with Crippen LogP contribution >= 0.6 is 11.8 Å². The minimum absolute atomic E-state index is 0.0310. The summed E-state index contributed by atoms with van der Waals surface area (Å²) in [4.78, 5) is 19.3. The van der Waals surface area contributed by atoms with E-state index in [0.717, 1.165) is 27.4 Å². The minimum atomic E-state index is -0.239. The van der Waals surface area contributed by atoms with Crippen LogP contribution < -0.4 is 0 Å². The van der Waals surface area contributed by atoms with Gasteiger partial charge in [0.25, 0.3) is 0 Å². The monoisotopic (exact) mass is 341 g/mol. The SMILES string of the molecule is O=C1c2ccccc2C2=Nc3ccccc3S[C@@H](c3ccccc3)[C@H]12. The van der Waals surface area contributed by atoms with Crippen molar-refractivity contribution in [3.8, 4) is 0 Å². The molecule has 0 saturated heterocycles. The molecular formula is C22H15NOS. The van der Waals surface area contributed by atoms with Crippen molar-refractivity contribution in [3.05, 3.63) is 95.6 Å². The van der Waals surface area contributed by atoms with Crippen LogP contribution in [0.1, 0.15) is 26.7 Å². The van der Waals surface area contributed by atoms with Crippen LogP contribution in [0.3, 0.4) is 0 Å². The van der Waals surface area contributed by atoms with Crippen LogP contribution in [0.5, 0.6) is 0 Å². The molecule has 0 unspecified atom stereocenters. The standard InChI is InChI=1S/C22H15NOS/c24-21-16-11-5-4-10-15(16)20-19(21)22(14-8-2-1-3-9-14)25-18-13-7-6-12-17(18)23-20/h1-13,19,22H/t19-,22-/m0/s1. The molecule has 25 heavy (non-hydrogen) atoms. The van der Waals surface area contributed by atoms with Gasteiger partial charge in [0.05, 0.1) is 22.6 Å². The van der Waals surface area contributed by atoms with Gasteiger partial charge in [-0.3, -0.25) is 9.79 Å². The van der Waals surface area contributed by atoms with Crippen LogP contribution in [0.15, 0.2) is 88.8 Å². The smallest absolute Gasteiger partial charge is 0.174 e.